The van der Waals surface area contributed by atoms with E-state index in [9.17, 15) is 4.79 Å². The van der Waals surface area contributed by atoms with Crippen molar-refractivity contribution in [2.24, 2.45) is 5.73 Å². The standard InChI is InChI=1S/C13H16N2O3/c1-17-9-3-4-10-8(7-15-12(10)6-9)5-11(14)13(16)18-2/h3-4,6-7,11,15H,5,14H2,1-2H3/t11-/m0/s1. The first-order valence-electron chi connectivity index (χ1n) is 5.63. The van der Waals surface area contributed by atoms with E-state index < -0.39 is 12.0 Å². The molecule has 2 rings (SSSR count). The Labute approximate surface area is 105 Å². The first-order valence-corrected chi connectivity index (χ1v) is 5.63. The van der Waals surface area contributed by atoms with E-state index in [-0.39, 0.29) is 0 Å². The number of esters is 1. The fourth-order valence-electron chi connectivity index (χ4n) is 1.93. The highest BCUT2D eigenvalue weighted by atomic mass is 16.5. The largest absolute Gasteiger partial charge is 0.497 e. The smallest absolute Gasteiger partial charge is 0.322 e. The maximum Gasteiger partial charge on any atom is 0.322 e. The molecular weight excluding hydrogens is 232 g/mol. The van der Waals surface area contributed by atoms with Crippen LogP contribution in [0, 0.1) is 0 Å². The summed E-state index contributed by atoms with van der Waals surface area (Å²) in [5.74, 6) is 0.381. The first kappa shape index (κ1) is 12.4. The van der Waals surface area contributed by atoms with E-state index in [0.717, 1.165) is 22.2 Å². The highest BCUT2D eigenvalue weighted by molar-refractivity contribution is 5.85. The molecule has 18 heavy (non-hydrogen) atoms. The number of benzene rings is 1. The number of nitrogens with two attached hydrogens (primary N) is 1. The number of H-pyrrole nitrogens is 1. The van der Waals surface area contributed by atoms with Gasteiger partial charge in [-0.25, -0.2) is 0 Å². The maximum atomic E-state index is 11.3. The molecule has 1 aromatic heterocycles. The Hall–Kier alpha value is -2.01. The molecule has 0 amide bonds. The molecule has 0 spiro atoms. The van der Waals surface area contributed by atoms with Gasteiger partial charge in [0.2, 0.25) is 0 Å². The number of methoxy groups -OCH3 is 2. The highest BCUT2D eigenvalue weighted by Gasteiger charge is 2.16. The lowest BCUT2D eigenvalue weighted by Crippen LogP contribution is -2.33. The zero-order chi connectivity index (χ0) is 13.1. The number of carbonyl (C=O) groups excluding carboxylic acids is 1. The Morgan fingerprint density at radius 2 is 2.22 bits per heavy atom. The summed E-state index contributed by atoms with van der Waals surface area (Å²) in [5.41, 5.74) is 7.70. The molecule has 0 aliphatic heterocycles. The van der Waals surface area contributed by atoms with Crippen LogP contribution < -0.4 is 10.5 Å². The number of ether oxygens (including phenoxy) is 2. The summed E-state index contributed by atoms with van der Waals surface area (Å²) < 4.78 is 9.76. The normalized spacial score (nSPS) is 12.4. The van der Waals surface area contributed by atoms with Gasteiger partial charge in [-0.15, -0.1) is 0 Å². The molecule has 2 aromatic rings. The molecule has 0 unspecified atom stereocenters. The molecule has 1 heterocycles. The van der Waals surface area contributed by atoms with E-state index in [1.54, 1.807) is 7.11 Å². The minimum atomic E-state index is -0.642. The Balaban J connectivity index is 2.27. The summed E-state index contributed by atoms with van der Waals surface area (Å²) in [6.45, 7) is 0. The van der Waals surface area contributed by atoms with Gasteiger partial charge < -0.3 is 20.2 Å². The molecule has 96 valence electrons. The number of hydrogen-bond acceptors (Lipinski definition) is 4. The summed E-state index contributed by atoms with van der Waals surface area (Å²) in [7, 11) is 2.96. The first-order chi connectivity index (χ1) is 8.65. The SMILES string of the molecule is COC(=O)[C@@H](N)Cc1c[nH]c2cc(OC)ccc12. The third-order valence-electron chi connectivity index (χ3n) is 2.92. The minimum Gasteiger partial charge on any atom is -0.497 e. The molecule has 5 nitrogen and oxygen atoms in total. The molecule has 1 aromatic carbocycles. The molecule has 0 aliphatic rings. The van der Waals surface area contributed by atoms with E-state index in [1.165, 1.54) is 7.11 Å². The van der Waals surface area contributed by atoms with Gasteiger partial charge in [-0.1, -0.05) is 0 Å². The van der Waals surface area contributed by atoms with Crippen LogP contribution in [0.3, 0.4) is 0 Å². The van der Waals surface area contributed by atoms with Crippen molar-refractivity contribution in [3.8, 4) is 5.75 Å². The zero-order valence-electron chi connectivity index (χ0n) is 10.4. The topological polar surface area (TPSA) is 77.3 Å². The summed E-state index contributed by atoms with van der Waals surface area (Å²) in [6.07, 6.45) is 2.30. The van der Waals surface area contributed by atoms with E-state index in [0.29, 0.717) is 6.42 Å². The lowest BCUT2D eigenvalue weighted by Gasteiger charge is -2.08. The van der Waals surface area contributed by atoms with Crippen molar-refractivity contribution in [3.05, 3.63) is 30.0 Å². The predicted octanol–water partition coefficient (Wildman–Crippen LogP) is 1.22. The average Bonchev–Trinajstić information content (AvgIpc) is 2.80. The molecule has 0 bridgehead atoms. The second-order valence-electron chi connectivity index (χ2n) is 4.06. The van der Waals surface area contributed by atoms with Crippen LogP contribution in [0.4, 0.5) is 0 Å². The number of carbonyl (C=O) groups is 1. The van der Waals surface area contributed by atoms with E-state index in [4.69, 9.17) is 10.5 Å². The lowest BCUT2D eigenvalue weighted by molar-refractivity contribution is -0.142. The van der Waals surface area contributed by atoms with E-state index in [1.807, 2.05) is 24.4 Å². The van der Waals surface area contributed by atoms with Gasteiger partial charge in [0.25, 0.3) is 0 Å². The van der Waals surface area contributed by atoms with E-state index in [2.05, 4.69) is 9.72 Å². The molecule has 0 fully saturated rings. The van der Waals surface area contributed by atoms with Crippen molar-refractivity contribution in [1.82, 2.24) is 4.98 Å². The Bertz CT molecular complexity index is 562. The number of aromatic amines is 1. The quantitative estimate of drug-likeness (QED) is 0.797. The van der Waals surface area contributed by atoms with Crippen LogP contribution in [0.15, 0.2) is 24.4 Å². The second kappa shape index (κ2) is 5.10. The van der Waals surface area contributed by atoms with Crippen LogP contribution >= 0.6 is 0 Å². The van der Waals surface area contributed by atoms with Gasteiger partial charge in [-0.2, -0.15) is 0 Å². The lowest BCUT2D eigenvalue weighted by atomic mass is 10.1. The van der Waals surface area contributed by atoms with Crippen LogP contribution in [0.1, 0.15) is 5.56 Å². The van der Waals surface area contributed by atoms with Crippen molar-refractivity contribution >= 4 is 16.9 Å². The van der Waals surface area contributed by atoms with Gasteiger partial charge in [0.1, 0.15) is 11.8 Å². The highest BCUT2D eigenvalue weighted by Crippen LogP contribution is 2.23. The fourth-order valence-corrected chi connectivity index (χ4v) is 1.93. The Morgan fingerprint density at radius 1 is 1.44 bits per heavy atom. The van der Waals surface area contributed by atoms with Gasteiger partial charge >= 0.3 is 5.97 Å². The van der Waals surface area contributed by atoms with Gasteiger partial charge in [0.05, 0.1) is 14.2 Å². The number of fused-ring (bicyclic) bond motifs is 1. The van der Waals surface area contributed by atoms with Gasteiger partial charge in [-0.3, -0.25) is 4.79 Å². The van der Waals surface area contributed by atoms with Gasteiger partial charge in [0, 0.05) is 29.6 Å². The number of hydrogen-bond donors (Lipinski definition) is 2. The van der Waals surface area contributed by atoms with Crippen LogP contribution in [-0.2, 0) is 16.0 Å². The van der Waals surface area contributed by atoms with Crippen LogP contribution in [-0.4, -0.2) is 31.2 Å². The van der Waals surface area contributed by atoms with Crippen molar-refractivity contribution in [2.75, 3.05) is 14.2 Å². The van der Waals surface area contributed by atoms with Crippen molar-refractivity contribution in [3.63, 3.8) is 0 Å². The van der Waals surface area contributed by atoms with Crippen LogP contribution in [0.2, 0.25) is 0 Å². The Morgan fingerprint density at radius 3 is 2.89 bits per heavy atom. The third-order valence-corrected chi connectivity index (χ3v) is 2.92. The summed E-state index contributed by atoms with van der Waals surface area (Å²) in [6, 6.07) is 5.09. The van der Waals surface area contributed by atoms with Gasteiger partial charge in [-0.05, 0) is 17.7 Å². The van der Waals surface area contributed by atoms with Crippen molar-refractivity contribution < 1.29 is 14.3 Å². The molecule has 0 aliphatic carbocycles. The third kappa shape index (κ3) is 2.31. The molecule has 0 saturated heterocycles. The summed E-state index contributed by atoms with van der Waals surface area (Å²) >= 11 is 0. The van der Waals surface area contributed by atoms with Crippen LogP contribution in [0.5, 0.6) is 5.75 Å². The molecule has 1 atom stereocenters. The fraction of sp³-hybridized carbons (Fsp3) is 0.308. The van der Waals surface area contributed by atoms with E-state index >= 15 is 0 Å². The van der Waals surface area contributed by atoms with Crippen molar-refractivity contribution in [2.45, 2.75) is 12.5 Å². The number of aromatic nitrogens is 1. The van der Waals surface area contributed by atoms with Crippen LogP contribution in [0.25, 0.3) is 10.9 Å². The average molecular weight is 248 g/mol. The number of rotatable bonds is 4. The molecule has 0 radical (unpaired) electrons. The molecule has 5 heteroatoms. The Kier molecular flexibility index (Phi) is 3.53. The maximum absolute atomic E-state index is 11.3. The predicted molar refractivity (Wildman–Crippen MR) is 68.5 cm³/mol. The monoisotopic (exact) mass is 248 g/mol. The number of nitrogens with one attached hydrogen (secondary N) is 1. The summed E-state index contributed by atoms with van der Waals surface area (Å²) in [5, 5.41) is 1.04. The molecule has 3 N–H and O–H groups in total. The van der Waals surface area contributed by atoms with Crippen molar-refractivity contribution in [1.29, 1.82) is 0 Å². The zero-order valence-corrected chi connectivity index (χ0v) is 10.4. The molecule has 0 saturated carbocycles. The summed E-state index contributed by atoms with van der Waals surface area (Å²) in [4.78, 5) is 14.4. The second-order valence-corrected chi connectivity index (χ2v) is 4.06. The van der Waals surface area contributed by atoms with Gasteiger partial charge in [0.15, 0.2) is 0 Å². The minimum absolute atomic E-state index is 0.405. The molecular formula is C13H16N2O3.